The Morgan fingerprint density at radius 2 is 1.86 bits per heavy atom. The molecule has 0 atom stereocenters. The molecule has 1 saturated heterocycles. The first-order valence-electron chi connectivity index (χ1n) is 9.61. The highest BCUT2D eigenvalue weighted by Crippen LogP contribution is 2.26. The Morgan fingerprint density at radius 3 is 2.46 bits per heavy atom. The maximum Gasteiger partial charge on any atom is 0.226 e. The lowest BCUT2D eigenvalue weighted by atomic mass is 10.0. The number of carbonyl (C=O) groups excluding carboxylic acids is 1. The van der Waals surface area contributed by atoms with Gasteiger partial charge in [0.25, 0.3) is 0 Å². The average Bonchev–Trinajstić information content (AvgIpc) is 2.69. The molecule has 0 aromatic heterocycles. The third-order valence-corrected chi connectivity index (χ3v) is 5.46. The summed E-state index contributed by atoms with van der Waals surface area (Å²) in [5.74, 6) is -0.0292. The van der Waals surface area contributed by atoms with Gasteiger partial charge in [0.05, 0.1) is 0 Å². The molecule has 1 amide bonds. The zero-order valence-corrected chi connectivity index (χ0v) is 17.7. The van der Waals surface area contributed by atoms with E-state index in [9.17, 15) is 9.18 Å². The molecule has 28 heavy (non-hydrogen) atoms. The second kappa shape index (κ2) is 10.8. The van der Waals surface area contributed by atoms with Crippen molar-refractivity contribution in [2.24, 2.45) is 0 Å². The molecular weight excluding hydrogens is 398 g/mol. The number of likely N-dealkylation sites (tertiary alicyclic amines) is 1. The van der Waals surface area contributed by atoms with E-state index in [1.165, 1.54) is 6.07 Å². The molecule has 0 aliphatic carbocycles. The van der Waals surface area contributed by atoms with Crippen LogP contribution in [0.15, 0.2) is 48.5 Å². The number of piperidine rings is 1. The number of benzene rings is 2. The molecule has 0 radical (unpaired) electrons. The summed E-state index contributed by atoms with van der Waals surface area (Å²) in [5.41, 5.74) is 1.95. The lowest BCUT2D eigenvalue weighted by Crippen LogP contribution is -2.47. The third-order valence-electron chi connectivity index (χ3n) is 5.20. The van der Waals surface area contributed by atoms with Crippen molar-refractivity contribution in [3.05, 3.63) is 64.9 Å². The summed E-state index contributed by atoms with van der Waals surface area (Å²) in [5, 5.41) is 0.676. The Hall–Kier alpha value is -1.62. The van der Waals surface area contributed by atoms with Crippen LogP contribution in [0.1, 0.15) is 31.7 Å². The van der Waals surface area contributed by atoms with Gasteiger partial charge in [-0.2, -0.15) is 0 Å². The summed E-state index contributed by atoms with van der Waals surface area (Å²) in [7, 11) is 0. The second-order valence-electron chi connectivity index (χ2n) is 7.05. The zero-order valence-electron chi connectivity index (χ0n) is 16.1. The van der Waals surface area contributed by atoms with Crippen molar-refractivity contribution in [3.8, 4) is 0 Å². The number of halogens is 3. The van der Waals surface area contributed by atoms with E-state index in [4.69, 9.17) is 11.6 Å². The molecule has 3 rings (SSSR count). The van der Waals surface area contributed by atoms with E-state index in [1.807, 2.05) is 42.2 Å². The predicted molar refractivity (Wildman–Crippen MR) is 116 cm³/mol. The Morgan fingerprint density at radius 1 is 1.18 bits per heavy atom. The smallest absolute Gasteiger partial charge is 0.226 e. The SMILES string of the molecule is CCC(=O)N(c1ccc(Cl)cc1)C1CCN(CCc2cccc(F)c2)CC1.Cl. The summed E-state index contributed by atoms with van der Waals surface area (Å²) >= 11 is 6.00. The fraction of sp³-hybridized carbons (Fsp3) is 0.409. The van der Waals surface area contributed by atoms with Crippen molar-refractivity contribution in [1.29, 1.82) is 0 Å². The van der Waals surface area contributed by atoms with Crippen molar-refractivity contribution in [3.63, 3.8) is 0 Å². The quantitative estimate of drug-likeness (QED) is 0.623. The molecule has 6 heteroatoms. The number of rotatable bonds is 6. The van der Waals surface area contributed by atoms with Crippen LogP contribution in [0.2, 0.25) is 5.02 Å². The van der Waals surface area contributed by atoms with Gasteiger partial charge in [0.2, 0.25) is 5.91 Å². The van der Waals surface area contributed by atoms with Crippen molar-refractivity contribution in [2.45, 2.75) is 38.6 Å². The van der Waals surface area contributed by atoms with Crippen LogP contribution < -0.4 is 4.90 Å². The van der Waals surface area contributed by atoms with Crippen LogP contribution in [0, 0.1) is 5.82 Å². The first-order valence-corrected chi connectivity index (χ1v) is 9.99. The van der Waals surface area contributed by atoms with E-state index in [0.29, 0.717) is 11.4 Å². The third kappa shape index (κ3) is 5.94. The van der Waals surface area contributed by atoms with Gasteiger partial charge < -0.3 is 9.80 Å². The fourth-order valence-electron chi connectivity index (χ4n) is 3.71. The molecule has 152 valence electrons. The van der Waals surface area contributed by atoms with Gasteiger partial charge in [0, 0.05) is 42.8 Å². The van der Waals surface area contributed by atoms with Gasteiger partial charge in [0.1, 0.15) is 5.82 Å². The lowest BCUT2D eigenvalue weighted by molar-refractivity contribution is -0.119. The lowest BCUT2D eigenvalue weighted by Gasteiger charge is -2.38. The monoisotopic (exact) mass is 424 g/mol. The maximum atomic E-state index is 13.3. The molecule has 1 fully saturated rings. The van der Waals surface area contributed by atoms with Gasteiger partial charge in [-0.05, 0) is 61.2 Å². The van der Waals surface area contributed by atoms with Gasteiger partial charge >= 0.3 is 0 Å². The summed E-state index contributed by atoms with van der Waals surface area (Å²) < 4.78 is 13.3. The topological polar surface area (TPSA) is 23.6 Å². The summed E-state index contributed by atoms with van der Waals surface area (Å²) in [6, 6.07) is 14.5. The van der Waals surface area contributed by atoms with E-state index in [0.717, 1.165) is 50.1 Å². The van der Waals surface area contributed by atoms with E-state index in [2.05, 4.69) is 4.90 Å². The normalized spacial score (nSPS) is 15.1. The van der Waals surface area contributed by atoms with Crippen LogP contribution in [0.25, 0.3) is 0 Å². The maximum absolute atomic E-state index is 13.3. The molecule has 1 aliphatic heterocycles. The van der Waals surface area contributed by atoms with Crippen molar-refractivity contribution in [2.75, 3.05) is 24.5 Å². The zero-order chi connectivity index (χ0) is 19.2. The molecule has 3 nitrogen and oxygen atoms in total. The summed E-state index contributed by atoms with van der Waals surface area (Å²) in [4.78, 5) is 16.9. The minimum atomic E-state index is -0.178. The number of carbonyl (C=O) groups is 1. The predicted octanol–water partition coefficient (Wildman–Crippen LogP) is 5.35. The van der Waals surface area contributed by atoms with Gasteiger partial charge in [-0.25, -0.2) is 4.39 Å². The van der Waals surface area contributed by atoms with Crippen LogP contribution >= 0.6 is 24.0 Å². The fourth-order valence-corrected chi connectivity index (χ4v) is 3.84. The summed E-state index contributed by atoms with van der Waals surface area (Å²) in [6.45, 7) is 4.71. The van der Waals surface area contributed by atoms with Crippen LogP contribution in [0.3, 0.4) is 0 Å². The van der Waals surface area contributed by atoms with Crippen LogP contribution in [-0.4, -0.2) is 36.5 Å². The molecular formula is C22H27Cl2FN2O. The van der Waals surface area contributed by atoms with E-state index >= 15 is 0 Å². The highest BCUT2D eigenvalue weighted by molar-refractivity contribution is 6.30. The molecule has 0 N–H and O–H groups in total. The van der Waals surface area contributed by atoms with Crippen molar-refractivity contribution < 1.29 is 9.18 Å². The number of hydrogen-bond acceptors (Lipinski definition) is 2. The van der Waals surface area contributed by atoms with E-state index < -0.39 is 0 Å². The van der Waals surface area contributed by atoms with Crippen molar-refractivity contribution in [1.82, 2.24) is 4.90 Å². The Kier molecular flexibility index (Phi) is 8.74. The standard InChI is InChI=1S/C22H26ClFN2O.ClH/c1-2-22(27)26(20-8-6-18(23)7-9-20)21-11-14-25(15-12-21)13-10-17-4-3-5-19(24)16-17;/h3-9,16,21H,2,10-15H2,1H3;1H. The molecule has 0 spiro atoms. The van der Waals surface area contributed by atoms with Crippen LogP contribution in [0.4, 0.5) is 10.1 Å². The molecule has 1 aliphatic rings. The van der Waals surface area contributed by atoms with Crippen molar-refractivity contribution >= 4 is 35.6 Å². The molecule has 2 aromatic carbocycles. The second-order valence-corrected chi connectivity index (χ2v) is 7.48. The number of nitrogens with zero attached hydrogens (tertiary/aromatic N) is 2. The number of amides is 1. The molecule has 0 bridgehead atoms. The Balaban J connectivity index is 0.00000280. The Labute approximate surface area is 177 Å². The molecule has 1 heterocycles. The van der Waals surface area contributed by atoms with Crippen LogP contribution in [0.5, 0.6) is 0 Å². The minimum Gasteiger partial charge on any atom is -0.309 e. The Bertz CT molecular complexity index is 761. The highest BCUT2D eigenvalue weighted by Gasteiger charge is 2.28. The van der Waals surface area contributed by atoms with Crippen LogP contribution in [-0.2, 0) is 11.2 Å². The van der Waals surface area contributed by atoms with Gasteiger partial charge in [-0.15, -0.1) is 12.4 Å². The first kappa shape index (κ1) is 22.7. The highest BCUT2D eigenvalue weighted by atomic mass is 35.5. The average molecular weight is 425 g/mol. The van der Waals surface area contributed by atoms with Gasteiger partial charge in [-0.1, -0.05) is 30.7 Å². The molecule has 0 unspecified atom stereocenters. The molecule has 2 aromatic rings. The van der Waals surface area contributed by atoms with E-state index in [-0.39, 0.29) is 30.2 Å². The largest absolute Gasteiger partial charge is 0.309 e. The number of anilines is 1. The number of hydrogen-bond donors (Lipinski definition) is 0. The summed E-state index contributed by atoms with van der Waals surface area (Å²) in [6.07, 6.45) is 3.22. The first-order chi connectivity index (χ1) is 13.1. The van der Waals surface area contributed by atoms with E-state index in [1.54, 1.807) is 12.1 Å². The van der Waals surface area contributed by atoms with Gasteiger partial charge in [-0.3, -0.25) is 4.79 Å². The minimum absolute atomic E-state index is 0. The van der Waals surface area contributed by atoms with Gasteiger partial charge in [0.15, 0.2) is 0 Å². The molecule has 0 saturated carbocycles.